The van der Waals surface area contributed by atoms with Gasteiger partial charge >= 0.3 is 6.09 Å². The molecule has 1 atom stereocenters. The van der Waals surface area contributed by atoms with Gasteiger partial charge in [-0.05, 0) is 54.0 Å². The molecule has 9 heteroatoms. The summed E-state index contributed by atoms with van der Waals surface area (Å²) in [4.78, 5) is 16.6. The number of H-pyrrole nitrogens is 1. The maximum absolute atomic E-state index is 11.5. The normalized spacial score (nSPS) is 16.0. The van der Waals surface area contributed by atoms with Crippen LogP contribution in [0.2, 0.25) is 5.02 Å². The zero-order chi connectivity index (χ0) is 21.3. The van der Waals surface area contributed by atoms with Gasteiger partial charge in [-0.3, -0.25) is 0 Å². The molecule has 2 aromatic carbocycles. The van der Waals surface area contributed by atoms with Crippen LogP contribution >= 0.6 is 35.2 Å². The highest BCUT2D eigenvalue weighted by Gasteiger charge is 2.29. The van der Waals surface area contributed by atoms with E-state index in [-0.39, 0.29) is 18.0 Å². The van der Waals surface area contributed by atoms with Crippen molar-refractivity contribution in [1.29, 1.82) is 0 Å². The molecule has 2 N–H and O–H groups in total. The van der Waals surface area contributed by atoms with E-state index >= 15 is 0 Å². The van der Waals surface area contributed by atoms with Crippen LogP contribution in [0.1, 0.15) is 16.0 Å². The number of carbonyl (C=O) groups is 1. The minimum atomic E-state index is -0.282. The van der Waals surface area contributed by atoms with E-state index in [1.807, 2.05) is 42.5 Å². The van der Waals surface area contributed by atoms with Crippen molar-refractivity contribution >= 4 is 41.2 Å². The molecule has 1 fully saturated rings. The van der Waals surface area contributed by atoms with Crippen LogP contribution in [-0.2, 0) is 17.6 Å². The SMILES string of the molecule is CN1C(=O)OCC1Cc1ccc(Oc2ccc(Cc3sc(=S)[nH]c3O)cc2Cl)cc1. The van der Waals surface area contributed by atoms with Crippen molar-refractivity contribution in [2.45, 2.75) is 18.9 Å². The number of thiazole rings is 1. The molecule has 6 nitrogen and oxygen atoms in total. The monoisotopic (exact) mass is 462 g/mol. The Balaban J connectivity index is 1.41. The first kappa shape index (κ1) is 20.7. The summed E-state index contributed by atoms with van der Waals surface area (Å²) in [6.45, 7) is 0.407. The number of nitrogens with one attached hydrogen (secondary N) is 1. The third-order valence-corrected chi connectivity index (χ3v) is 6.44. The molecule has 0 aliphatic carbocycles. The lowest BCUT2D eigenvalue weighted by atomic mass is 10.1. The van der Waals surface area contributed by atoms with Crippen LogP contribution in [0.15, 0.2) is 42.5 Å². The average molecular weight is 463 g/mol. The number of hydrogen-bond acceptors (Lipinski definition) is 6. The first-order chi connectivity index (χ1) is 14.4. The van der Waals surface area contributed by atoms with E-state index in [4.69, 9.17) is 33.3 Å². The molecule has 0 saturated carbocycles. The molecule has 1 unspecified atom stereocenters. The van der Waals surface area contributed by atoms with Gasteiger partial charge in [0.1, 0.15) is 18.1 Å². The Morgan fingerprint density at radius 3 is 2.63 bits per heavy atom. The quantitative estimate of drug-likeness (QED) is 0.470. The second-order valence-corrected chi connectivity index (χ2v) is 9.20. The van der Waals surface area contributed by atoms with Crippen molar-refractivity contribution in [2.24, 2.45) is 0 Å². The van der Waals surface area contributed by atoms with Crippen LogP contribution in [0.25, 0.3) is 0 Å². The van der Waals surface area contributed by atoms with Gasteiger partial charge < -0.3 is 24.5 Å². The highest BCUT2D eigenvalue weighted by Crippen LogP contribution is 2.32. The molecule has 30 heavy (non-hydrogen) atoms. The number of ether oxygens (including phenoxy) is 2. The average Bonchev–Trinajstić information content (AvgIpc) is 3.20. The number of rotatable bonds is 6. The number of cyclic esters (lactones) is 1. The van der Waals surface area contributed by atoms with Crippen LogP contribution in [0.5, 0.6) is 17.4 Å². The topological polar surface area (TPSA) is 74.8 Å². The molecule has 1 saturated heterocycles. The molecule has 4 rings (SSSR count). The number of amides is 1. The largest absolute Gasteiger partial charge is 0.494 e. The Labute approximate surface area is 187 Å². The Morgan fingerprint density at radius 2 is 2.03 bits per heavy atom. The van der Waals surface area contributed by atoms with E-state index in [1.165, 1.54) is 11.3 Å². The summed E-state index contributed by atoms with van der Waals surface area (Å²) < 4.78 is 11.5. The van der Waals surface area contributed by atoms with Crippen LogP contribution < -0.4 is 4.74 Å². The Hall–Kier alpha value is -2.55. The van der Waals surface area contributed by atoms with Crippen LogP contribution in [0.3, 0.4) is 0 Å². The number of aromatic amines is 1. The number of hydrogen-bond donors (Lipinski definition) is 2. The second-order valence-electron chi connectivity index (χ2n) is 7.02. The van der Waals surface area contributed by atoms with Crippen LogP contribution in [0, 0.1) is 3.95 Å². The lowest BCUT2D eigenvalue weighted by Crippen LogP contribution is -2.30. The van der Waals surface area contributed by atoms with Crippen molar-refractivity contribution in [3.05, 3.63) is 67.4 Å². The number of aromatic hydroxyl groups is 1. The van der Waals surface area contributed by atoms with E-state index in [0.29, 0.717) is 33.5 Å². The molecule has 2 heterocycles. The zero-order valence-corrected chi connectivity index (χ0v) is 18.4. The number of nitrogens with zero attached hydrogens (tertiary/aromatic N) is 1. The van der Waals surface area contributed by atoms with E-state index in [1.54, 1.807) is 11.9 Å². The van der Waals surface area contributed by atoms with Crippen molar-refractivity contribution < 1.29 is 19.4 Å². The third kappa shape index (κ3) is 4.61. The van der Waals surface area contributed by atoms with Gasteiger partial charge in [-0.15, -0.1) is 11.3 Å². The molecule has 0 bridgehead atoms. The summed E-state index contributed by atoms with van der Waals surface area (Å²) in [7, 11) is 1.75. The Bertz CT molecular complexity index is 1130. The van der Waals surface area contributed by atoms with Gasteiger partial charge in [-0.1, -0.05) is 29.8 Å². The highest BCUT2D eigenvalue weighted by molar-refractivity contribution is 7.73. The molecule has 3 aromatic rings. The van der Waals surface area contributed by atoms with E-state index in [2.05, 4.69) is 4.98 Å². The van der Waals surface area contributed by atoms with Gasteiger partial charge in [0.25, 0.3) is 0 Å². The lowest BCUT2D eigenvalue weighted by molar-refractivity contribution is 0.163. The summed E-state index contributed by atoms with van der Waals surface area (Å²) in [6, 6.07) is 13.3. The van der Waals surface area contributed by atoms with Gasteiger partial charge in [0, 0.05) is 13.5 Å². The van der Waals surface area contributed by atoms with Crippen LogP contribution in [-0.4, -0.2) is 40.8 Å². The number of benzene rings is 2. The van der Waals surface area contributed by atoms with E-state index < -0.39 is 0 Å². The lowest BCUT2D eigenvalue weighted by Gasteiger charge is -2.16. The van der Waals surface area contributed by atoms with Crippen molar-refractivity contribution in [3.63, 3.8) is 0 Å². The third-order valence-electron chi connectivity index (χ3n) is 4.92. The first-order valence-electron chi connectivity index (χ1n) is 9.25. The van der Waals surface area contributed by atoms with Crippen molar-refractivity contribution in [1.82, 2.24) is 9.88 Å². The second kappa shape index (κ2) is 8.67. The Kier molecular flexibility index (Phi) is 5.99. The van der Waals surface area contributed by atoms with Gasteiger partial charge in [0.05, 0.1) is 15.9 Å². The number of aromatic nitrogens is 1. The van der Waals surface area contributed by atoms with Gasteiger partial charge in [-0.2, -0.15) is 0 Å². The molecule has 1 amide bonds. The fourth-order valence-corrected chi connectivity index (χ4v) is 4.61. The van der Waals surface area contributed by atoms with E-state index in [9.17, 15) is 9.90 Å². The maximum atomic E-state index is 11.5. The number of carbonyl (C=O) groups excluding carboxylic acids is 1. The maximum Gasteiger partial charge on any atom is 0.409 e. The van der Waals surface area contributed by atoms with Gasteiger partial charge in [0.2, 0.25) is 5.88 Å². The number of likely N-dealkylation sites (N-methyl/N-ethyl adjacent to an activating group) is 1. The molecule has 1 aliphatic heterocycles. The fraction of sp³-hybridized carbons (Fsp3) is 0.238. The smallest absolute Gasteiger partial charge is 0.409 e. The predicted octanol–water partition coefficient (Wildman–Crippen LogP) is 5.54. The highest BCUT2D eigenvalue weighted by atomic mass is 35.5. The minimum Gasteiger partial charge on any atom is -0.494 e. The number of halogens is 1. The molecular formula is C21H19ClN2O4S2. The first-order valence-corrected chi connectivity index (χ1v) is 10.8. The minimum absolute atomic E-state index is 0.0448. The summed E-state index contributed by atoms with van der Waals surface area (Å²) >= 11 is 12.8. The Morgan fingerprint density at radius 1 is 1.30 bits per heavy atom. The summed E-state index contributed by atoms with van der Waals surface area (Å²) in [5.41, 5.74) is 2.04. The van der Waals surface area contributed by atoms with Crippen LogP contribution in [0.4, 0.5) is 4.79 Å². The molecule has 1 aliphatic rings. The fourth-order valence-electron chi connectivity index (χ4n) is 3.21. The van der Waals surface area contributed by atoms with Crippen molar-refractivity contribution in [3.8, 4) is 17.4 Å². The molecular weight excluding hydrogens is 444 g/mol. The standard InChI is InChI=1S/C21H19ClN2O4S2/c1-24-14(11-27-21(24)26)8-12-2-5-15(6-3-12)28-17-7-4-13(9-16(17)22)10-18-19(25)23-20(29)30-18/h2-7,9,14,25H,8,10-11H2,1H3,(H,23,29). The molecule has 0 spiro atoms. The molecule has 156 valence electrons. The molecule has 1 aromatic heterocycles. The molecule has 0 radical (unpaired) electrons. The summed E-state index contributed by atoms with van der Waals surface area (Å²) in [5, 5.41) is 10.3. The summed E-state index contributed by atoms with van der Waals surface area (Å²) in [6.07, 6.45) is 0.965. The predicted molar refractivity (Wildman–Crippen MR) is 119 cm³/mol. The van der Waals surface area contributed by atoms with Gasteiger partial charge in [-0.25, -0.2) is 4.79 Å². The summed E-state index contributed by atoms with van der Waals surface area (Å²) in [5.74, 6) is 1.32. The van der Waals surface area contributed by atoms with Gasteiger partial charge in [0.15, 0.2) is 3.95 Å². The van der Waals surface area contributed by atoms with E-state index in [0.717, 1.165) is 22.4 Å². The zero-order valence-electron chi connectivity index (χ0n) is 16.1. The van der Waals surface area contributed by atoms with Crippen molar-refractivity contribution in [2.75, 3.05) is 13.7 Å².